The second-order valence-electron chi connectivity index (χ2n) is 4.79. The van der Waals surface area contributed by atoms with E-state index in [-0.39, 0.29) is 11.3 Å². The van der Waals surface area contributed by atoms with E-state index in [9.17, 15) is 5.26 Å². The second kappa shape index (κ2) is 5.81. The molecule has 0 aliphatic heterocycles. The summed E-state index contributed by atoms with van der Waals surface area (Å²) in [6.07, 6.45) is 0. The molecule has 1 N–H and O–H groups in total. The Hall–Kier alpha value is -3.33. The maximum atomic E-state index is 9.42. The molecule has 114 valence electrons. The van der Waals surface area contributed by atoms with Crippen LogP contribution in [0.5, 0.6) is 11.5 Å². The summed E-state index contributed by atoms with van der Waals surface area (Å²) in [6.45, 7) is 0. The minimum Gasteiger partial charge on any atom is -0.493 e. The Balaban J connectivity index is 2.34. The first kappa shape index (κ1) is 14.6. The van der Waals surface area contributed by atoms with Crippen LogP contribution in [0.4, 0.5) is 0 Å². The summed E-state index contributed by atoms with van der Waals surface area (Å²) in [4.78, 5) is 4.34. The molecule has 0 aliphatic carbocycles. The third-order valence-corrected chi connectivity index (χ3v) is 3.55. The summed E-state index contributed by atoms with van der Waals surface area (Å²) in [7, 11) is 3.09. The predicted octanol–water partition coefficient (Wildman–Crippen LogP) is 2.39. The van der Waals surface area contributed by atoms with Gasteiger partial charge in [0.1, 0.15) is 11.6 Å². The lowest BCUT2D eigenvalue weighted by Gasteiger charge is -2.13. The average Bonchev–Trinajstić information content (AvgIpc) is 2.61. The van der Waals surface area contributed by atoms with Crippen LogP contribution in [0.25, 0.3) is 16.6 Å². The molecule has 0 unspecified atom stereocenters. The molecule has 0 fully saturated rings. The van der Waals surface area contributed by atoms with E-state index in [4.69, 9.17) is 14.9 Å². The van der Waals surface area contributed by atoms with Crippen LogP contribution in [0.3, 0.4) is 0 Å². The van der Waals surface area contributed by atoms with E-state index in [1.54, 1.807) is 31.4 Å². The highest BCUT2D eigenvalue weighted by Gasteiger charge is 2.12. The van der Waals surface area contributed by atoms with Crippen molar-refractivity contribution in [3.8, 4) is 23.3 Å². The number of nitriles is 1. The maximum Gasteiger partial charge on any atom is 0.219 e. The Labute approximate surface area is 132 Å². The van der Waals surface area contributed by atoms with Crippen molar-refractivity contribution in [2.45, 2.75) is 0 Å². The normalized spacial score (nSPS) is 10.3. The number of methoxy groups -OCH3 is 2. The first-order chi connectivity index (χ1) is 11.2. The number of hydrogen-bond donors (Lipinski definition) is 1. The largest absolute Gasteiger partial charge is 0.493 e. The minimum atomic E-state index is 0.140. The monoisotopic (exact) mass is 306 g/mol. The van der Waals surface area contributed by atoms with Gasteiger partial charge in [-0.2, -0.15) is 5.26 Å². The Morgan fingerprint density at radius 1 is 1.09 bits per heavy atom. The molecule has 3 rings (SSSR count). The van der Waals surface area contributed by atoms with Gasteiger partial charge < -0.3 is 9.47 Å². The lowest BCUT2D eigenvalue weighted by molar-refractivity contribution is 0.355. The van der Waals surface area contributed by atoms with E-state index in [0.29, 0.717) is 28.1 Å². The van der Waals surface area contributed by atoms with Crippen molar-refractivity contribution >= 4 is 10.9 Å². The fourth-order valence-electron chi connectivity index (χ4n) is 2.45. The standard InChI is InChI=1S/C17H14N4O2/c1-22-14-8-7-11(9-15(14)23-2)21-16(10-18)20-13-6-4-3-5-12(13)17(21)19/h3-9,19H,1-2H3. The number of rotatable bonds is 3. The van der Waals surface area contributed by atoms with Crippen molar-refractivity contribution in [2.75, 3.05) is 14.2 Å². The molecule has 3 aromatic rings. The molecule has 0 saturated carbocycles. The molecule has 2 aromatic carbocycles. The third-order valence-electron chi connectivity index (χ3n) is 3.55. The zero-order chi connectivity index (χ0) is 16.4. The number of para-hydroxylation sites is 1. The van der Waals surface area contributed by atoms with Crippen LogP contribution in [0.1, 0.15) is 5.82 Å². The molecule has 0 saturated heterocycles. The van der Waals surface area contributed by atoms with E-state index < -0.39 is 0 Å². The van der Waals surface area contributed by atoms with Crippen molar-refractivity contribution in [2.24, 2.45) is 0 Å². The van der Waals surface area contributed by atoms with Gasteiger partial charge in [0, 0.05) is 11.5 Å². The van der Waals surface area contributed by atoms with E-state index >= 15 is 0 Å². The SMILES string of the molecule is COc1ccc(-n2c(C#N)nc3ccccc3c2=N)cc1OC. The highest BCUT2D eigenvalue weighted by molar-refractivity contribution is 5.77. The molecule has 6 heteroatoms. The zero-order valence-corrected chi connectivity index (χ0v) is 12.7. The Morgan fingerprint density at radius 3 is 2.52 bits per heavy atom. The maximum absolute atomic E-state index is 9.42. The summed E-state index contributed by atoms with van der Waals surface area (Å²) in [5, 5.41) is 18.5. The first-order valence-electron chi connectivity index (χ1n) is 6.88. The van der Waals surface area contributed by atoms with Gasteiger partial charge in [0.2, 0.25) is 5.82 Å². The molecule has 0 atom stereocenters. The molecule has 1 aromatic heterocycles. The van der Waals surface area contributed by atoms with Crippen LogP contribution in [-0.2, 0) is 0 Å². The van der Waals surface area contributed by atoms with Crippen LogP contribution < -0.4 is 15.0 Å². The zero-order valence-electron chi connectivity index (χ0n) is 12.7. The molecule has 0 aliphatic rings. The summed E-state index contributed by atoms with van der Waals surface area (Å²) in [5.41, 5.74) is 1.42. The third kappa shape index (κ3) is 2.38. The van der Waals surface area contributed by atoms with Crippen LogP contribution >= 0.6 is 0 Å². The molecule has 0 spiro atoms. The van der Waals surface area contributed by atoms with Gasteiger partial charge in [0.15, 0.2) is 11.5 Å². The number of ether oxygens (including phenoxy) is 2. The highest BCUT2D eigenvalue weighted by atomic mass is 16.5. The molecule has 0 amide bonds. The minimum absolute atomic E-state index is 0.140. The summed E-state index contributed by atoms with van der Waals surface area (Å²) < 4.78 is 12.0. The number of nitrogens with zero attached hydrogens (tertiary/aromatic N) is 3. The van der Waals surface area contributed by atoms with Crippen LogP contribution in [0.2, 0.25) is 0 Å². The van der Waals surface area contributed by atoms with Gasteiger partial charge in [-0.05, 0) is 24.3 Å². The molecule has 0 bridgehead atoms. The van der Waals surface area contributed by atoms with E-state index in [1.165, 1.54) is 11.7 Å². The van der Waals surface area contributed by atoms with Crippen LogP contribution in [-0.4, -0.2) is 23.8 Å². The molecule has 0 radical (unpaired) electrons. The van der Waals surface area contributed by atoms with E-state index in [0.717, 1.165) is 0 Å². The van der Waals surface area contributed by atoms with Crippen molar-refractivity contribution < 1.29 is 9.47 Å². The predicted molar refractivity (Wildman–Crippen MR) is 84.7 cm³/mol. The van der Waals surface area contributed by atoms with Gasteiger partial charge in [0.25, 0.3) is 0 Å². The summed E-state index contributed by atoms with van der Waals surface area (Å²) in [6, 6.07) is 14.5. The van der Waals surface area contributed by atoms with Gasteiger partial charge in [0.05, 0.1) is 25.4 Å². The van der Waals surface area contributed by atoms with E-state index in [2.05, 4.69) is 11.1 Å². The Kier molecular flexibility index (Phi) is 3.69. The van der Waals surface area contributed by atoms with Crippen LogP contribution in [0, 0.1) is 16.7 Å². The fourth-order valence-corrected chi connectivity index (χ4v) is 2.45. The second-order valence-corrected chi connectivity index (χ2v) is 4.79. The lowest BCUT2D eigenvalue weighted by Crippen LogP contribution is -2.23. The summed E-state index contributed by atoms with van der Waals surface area (Å²) >= 11 is 0. The average molecular weight is 306 g/mol. The molecular weight excluding hydrogens is 292 g/mol. The number of hydrogen-bond acceptors (Lipinski definition) is 5. The Bertz CT molecular complexity index is 986. The quantitative estimate of drug-likeness (QED) is 0.805. The Morgan fingerprint density at radius 2 is 1.83 bits per heavy atom. The number of fused-ring (bicyclic) bond motifs is 1. The first-order valence-corrected chi connectivity index (χ1v) is 6.88. The smallest absolute Gasteiger partial charge is 0.219 e. The molecule has 1 heterocycles. The topological polar surface area (TPSA) is 83.9 Å². The van der Waals surface area contributed by atoms with Crippen molar-refractivity contribution in [3.05, 3.63) is 53.8 Å². The van der Waals surface area contributed by atoms with Crippen LogP contribution in [0.15, 0.2) is 42.5 Å². The fraction of sp³-hybridized carbons (Fsp3) is 0.118. The van der Waals surface area contributed by atoms with Gasteiger partial charge in [-0.1, -0.05) is 12.1 Å². The van der Waals surface area contributed by atoms with Crippen molar-refractivity contribution in [1.29, 1.82) is 10.7 Å². The number of nitrogens with one attached hydrogen (secondary N) is 1. The van der Waals surface area contributed by atoms with Gasteiger partial charge in [-0.15, -0.1) is 0 Å². The van der Waals surface area contributed by atoms with Gasteiger partial charge in [-0.3, -0.25) is 9.98 Å². The van der Waals surface area contributed by atoms with Gasteiger partial charge in [-0.25, -0.2) is 4.98 Å². The molecule has 23 heavy (non-hydrogen) atoms. The summed E-state index contributed by atoms with van der Waals surface area (Å²) in [5.74, 6) is 1.24. The number of aromatic nitrogens is 2. The number of benzene rings is 2. The van der Waals surface area contributed by atoms with E-state index in [1.807, 2.05) is 18.2 Å². The lowest BCUT2D eigenvalue weighted by atomic mass is 10.2. The molecular formula is C17H14N4O2. The van der Waals surface area contributed by atoms with Crippen molar-refractivity contribution in [3.63, 3.8) is 0 Å². The van der Waals surface area contributed by atoms with Gasteiger partial charge >= 0.3 is 0 Å². The molecule has 6 nitrogen and oxygen atoms in total. The van der Waals surface area contributed by atoms with Crippen molar-refractivity contribution in [1.82, 2.24) is 9.55 Å². The highest BCUT2D eigenvalue weighted by Crippen LogP contribution is 2.29.